The van der Waals surface area contributed by atoms with Crippen molar-refractivity contribution >= 4 is 11.6 Å². The maximum Gasteiger partial charge on any atom is 0.416 e. The van der Waals surface area contributed by atoms with Crippen LogP contribution in [0.15, 0.2) is 42.7 Å². The minimum atomic E-state index is -4.65. The lowest BCUT2D eigenvalue weighted by molar-refractivity contribution is -0.138. The largest absolute Gasteiger partial charge is 0.416 e. The van der Waals surface area contributed by atoms with E-state index in [0.29, 0.717) is 29.9 Å². The first-order valence-corrected chi connectivity index (χ1v) is 12.5. The molecule has 0 saturated carbocycles. The van der Waals surface area contributed by atoms with Crippen molar-refractivity contribution in [1.82, 2.24) is 19.7 Å². The minimum Gasteiger partial charge on any atom is -0.388 e. The highest BCUT2D eigenvalue weighted by atomic mass is 19.4. The summed E-state index contributed by atoms with van der Waals surface area (Å²) in [5.41, 5.74) is -1.56. The molecule has 2 saturated heterocycles. The number of amides is 1. The maximum atomic E-state index is 15.8. The van der Waals surface area contributed by atoms with Gasteiger partial charge in [0.25, 0.3) is 5.91 Å². The van der Waals surface area contributed by atoms with Crippen LogP contribution in [0.5, 0.6) is 0 Å². The van der Waals surface area contributed by atoms with Gasteiger partial charge >= 0.3 is 6.18 Å². The van der Waals surface area contributed by atoms with E-state index < -0.39 is 34.8 Å². The molecule has 1 atom stereocenters. The van der Waals surface area contributed by atoms with Gasteiger partial charge in [0.1, 0.15) is 6.33 Å². The quantitative estimate of drug-likeness (QED) is 0.478. The molecule has 2 aromatic carbocycles. The number of fused-ring (bicyclic) bond motifs is 1. The molecule has 4 heterocycles. The number of nitrogens with zero attached hydrogens (tertiary/aromatic N) is 5. The maximum absolute atomic E-state index is 15.8. The Hall–Kier alpha value is -3.35. The lowest BCUT2D eigenvalue weighted by Crippen LogP contribution is -2.59. The van der Waals surface area contributed by atoms with Crippen LogP contribution < -0.4 is 4.90 Å². The monoisotopic (exact) mass is 545 g/mol. The number of carbonyl (C=O) groups is 1. The van der Waals surface area contributed by atoms with Crippen LogP contribution in [-0.4, -0.2) is 62.6 Å². The molecule has 1 N–H and O–H groups in total. The van der Waals surface area contributed by atoms with Crippen molar-refractivity contribution in [2.75, 3.05) is 31.2 Å². The summed E-state index contributed by atoms with van der Waals surface area (Å²) in [5.74, 6) is -0.409. The molecule has 8 nitrogen and oxygen atoms in total. The van der Waals surface area contributed by atoms with Gasteiger partial charge in [0.05, 0.1) is 36.3 Å². The number of benzene rings is 2. The van der Waals surface area contributed by atoms with Crippen LogP contribution in [0.4, 0.5) is 23.2 Å². The van der Waals surface area contributed by atoms with E-state index in [9.17, 15) is 23.1 Å². The van der Waals surface area contributed by atoms with Crippen LogP contribution in [0, 0.1) is 0 Å². The van der Waals surface area contributed by atoms with Gasteiger partial charge in [0.2, 0.25) is 0 Å². The molecular weight excluding hydrogens is 518 g/mol. The third kappa shape index (κ3) is 4.30. The number of halogens is 4. The first-order valence-electron chi connectivity index (χ1n) is 12.5. The number of aromatic nitrogens is 3. The normalized spacial score (nSPS) is 20.9. The average molecular weight is 546 g/mol. The summed E-state index contributed by atoms with van der Waals surface area (Å²) in [6.07, 6.45) is -4.78. The predicted octanol–water partition coefficient (Wildman–Crippen LogP) is 3.54. The van der Waals surface area contributed by atoms with Crippen molar-refractivity contribution in [2.24, 2.45) is 7.05 Å². The molecule has 1 aromatic heterocycles. The van der Waals surface area contributed by atoms with Crippen LogP contribution >= 0.6 is 0 Å². The van der Waals surface area contributed by atoms with Crippen molar-refractivity contribution in [1.29, 1.82) is 0 Å². The molecule has 0 spiro atoms. The summed E-state index contributed by atoms with van der Waals surface area (Å²) >= 11 is 0. The predicted molar refractivity (Wildman–Crippen MR) is 132 cm³/mol. The molecule has 206 valence electrons. The summed E-state index contributed by atoms with van der Waals surface area (Å²) in [5, 5.41) is 17.6. The van der Waals surface area contributed by atoms with E-state index in [-0.39, 0.29) is 43.3 Å². The molecule has 1 amide bonds. The number of hydrogen-bond donors (Lipinski definition) is 1. The zero-order valence-electron chi connectivity index (χ0n) is 21.4. The van der Waals surface area contributed by atoms with Crippen LogP contribution in [-0.2, 0) is 36.5 Å². The number of rotatable bonds is 6. The molecule has 3 aromatic rings. The van der Waals surface area contributed by atoms with Crippen LogP contribution in [0.1, 0.15) is 51.5 Å². The fourth-order valence-electron chi connectivity index (χ4n) is 5.84. The fraction of sp³-hybridized carbons (Fsp3) is 0.444. The topological polar surface area (TPSA) is 83.7 Å². The van der Waals surface area contributed by atoms with Crippen molar-refractivity contribution in [3.8, 4) is 0 Å². The molecule has 39 heavy (non-hydrogen) atoms. The second kappa shape index (κ2) is 8.83. The van der Waals surface area contributed by atoms with Gasteiger partial charge in [-0.05, 0) is 47.9 Å². The second-order valence-corrected chi connectivity index (χ2v) is 11.1. The lowest BCUT2D eigenvalue weighted by Gasteiger charge is -2.44. The van der Waals surface area contributed by atoms with E-state index in [1.54, 1.807) is 38.2 Å². The van der Waals surface area contributed by atoms with Gasteiger partial charge in [-0.2, -0.15) is 13.2 Å². The summed E-state index contributed by atoms with van der Waals surface area (Å²) in [7, 11) is 1.64. The first-order chi connectivity index (χ1) is 18.4. The number of aryl methyl sites for hydroxylation is 1. The molecule has 0 aliphatic carbocycles. The Labute approximate surface area is 221 Å². The Kier molecular flexibility index (Phi) is 5.87. The number of ether oxygens (including phenoxy) is 1. The van der Waals surface area contributed by atoms with E-state index in [0.717, 1.165) is 6.07 Å². The molecule has 12 heteroatoms. The Bertz CT molecular complexity index is 1440. The molecule has 0 bridgehead atoms. The van der Waals surface area contributed by atoms with Crippen LogP contribution in [0.25, 0.3) is 0 Å². The van der Waals surface area contributed by atoms with Gasteiger partial charge < -0.3 is 19.3 Å². The Morgan fingerprint density at radius 2 is 1.92 bits per heavy atom. The number of likely N-dealkylation sites (tertiary alicyclic amines) is 1. The third-order valence-electron chi connectivity index (χ3n) is 7.85. The van der Waals surface area contributed by atoms with Crippen LogP contribution in [0.3, 0.4) is 0 Å². The molecule has 0 unspecified atom stereocenters. The number of alkyl halides is 4. The number of β-amino-alcohol motifs (C(OH)–C–C–N with tert-alkyl or cyclic N) is 1. The van der Waals surface area contributed by atoms with Gasteiger partial charge in [0, 0.05) is 37.9 Å². The third-order valence-corrected chi connectivity index (χ3v) is 7.85. The van der Waals surface area contributed by atoms with Crippen molar-refractivity contribution in [2.45, 2.75) is 43.4 Å². The molecule has 3 aliphatic rings. The highest BCUT2D eigenvalue weighted by Gasteiger charge is 2.51. The van der Waals surface area contributed by atoms with Gasteiger partial charge in [-0.25, -0.2) is 4.39 Å². The number of aliphatic hydroxyl groups is 1. The molecule has 6 rings (SSSR count). The van der Waals surface area contributed by atoms with Crippen LogP contribution in [0.2, 0.25) is 0 Å². The Morgan fingerprint density at radius 1 is 1.18 bits per heavy atom. The van der Waals surface area contributed by atoms with E-state index in [4.69, 9.17) is 4.74 Å². The van der Waals surface area contributed by atoms with Crippen molar-refractivity contribution in [3.05, 3.63) is 76.4 Å². The number of carbonyl (C=O) groups excluding carboxylic acids is 1. The summed E-state index contributed by atoms with van der Waals surface area (Å²) in [6.45, 7) is 2.46. The summed E-state index contributed by atoms with van der Waals surface area (Å²) in [6, 6.07) is 9.27. The standard InChI is InChI=1S/C27H27F4N5O3/c1-25(38)11-35(12-25)9-16-6-19-20(21(7-16)27(29,30)31)10-36(24(19)37)18-5-3-4-17(8-18)26(13-39-14-26)22(28)23-33-32-15-34(23)2/h3-8,15,22,38H,9-14H2,1-2H3/t22-/m1/s1. The Balaban J connectivity index is 1.32. The molecule has 3 aliphatic heterocycles. The second-order valence-electron chi connectivity index (χ2n) is 11.1. The van der Waals surface area contributed by atoms with Gasteiger partial charge in [-0.15, -0.1) is 10.2 Å². The zero-order valence-corrected chi connectivity index (χ0v) is 21.4. The van der Waals surface area contributed by atoms with E-state index in [2.05, 4.69) is 10.2 Å². The SMILES string of the molecule is Cn1cnnc1[C@@H](F)C1(c2cccc(N3Cc4c(cc(CN5CC(C)(O)C5)cc4C(F)(F)F)C3=O)c2)COC1. The van der Waals surface area contributed by atoms with Gasteiger partial charge in [-0.1, -0.05) is 12.1 Å². The Morgan fingerprint density at radius 3 is 2.51 bits per heavy atom. The molecular formula is C27H27F4N5O3. The summed E-state index contributed by atoms with van der Waals surface area (Å²) < 4.78 is 65.0. The summed E-state index contributed by atoms with van der Waals surface area (Å²) in [4.78, 5) is 16.6. The lowest BCUT2D eigenvalue weighted by atomic mass is 9.74. The average Bonchev–Trinajstić information content (AvgIpc) is 3.39. The number of anilines is 1. The minimum absolute atomic E-state index is 0.00153. The molecule has 2 fully saturated rings. The zero-order chi connectivity index (χ0) is 27.7. The van der Waals surface area contributed by atoms with E-state index >= 15 is 4.39 Å². The highest BCUT2D eigenvalue weighted by molar-refractivity contribution is 6.10. The molecule has 0 radical (unpaired) electrons. The highest BCUT2D eigenvalue weighted by Crippen LogP contribution is 2.47. The van der Waals surface area contributed by atoms with Gasteiger partial charge in [0.15, 0.2) is 12.0 Å². The van der Waals surface area contributed by atoms with E-state index in [1.807, 2.05) is 4.90 Å². The van der Waals surface area contributed by atoms with Crippen molar-refractivity contribution < 1.29 is 32.2 Å². The van der Waals surface area contributed by atoms with E-state index in [1.165, 1.54) is 21.9 Å². The van der Waals surface area contributed by atoms with Crippen molar-refractivity contribution in [3.63, 3.8) is 0 Å². The number of hydrogen-bond acceptors (Lipinski definition) is 6. The smallest absolute Gasteiger partial charge is 0.388 e. The first kappa shape index (κ1) is 25.9. The van der Waals surface area contributed by atoms with Gasteiger partial charge in [-0.3, -0.25) is 9.69 Å². The fourth-order valence-corrected chi connectivity index (χ4v) is 5.84.